The number of carboxylic acid groups (broad SMARTS) is 1. The lowest BCUT2D eigenvalue weighted by Crippen LogP contribution is -2.49. The summed E-state index contributed by atoms with van der Waals surface area (Å²) in [7, 11) is -3.89. The quantitative estimate of drug-likeness (QED) is 0.522. The minimum atomic E-state index is -3.89. The maximum absolute atomic E-state index is 12.8. The first kappa shape index (κ1) is 23.6. The van der Waals surface area contributed by atoms with Gasteiger partial charge < -0.3 is 15.3 Å². The monoisotopic (exact) mass is 460 g/mol. The van der Waals surface area contributed by atoms with E-state index in [0.717, 1.165) is 6.42 Å². The minimum absolute atomic E-state index is 0.00857. The van der Waals surface area contributed by atoms with Gasteiger partial charge in [-0.15, -0.1) is 0 Å². The van der Waals surface area contributed by atoms with Crippen molar-refractivity contribution in [2.45, 2.75) is 18.2 Å². The van der Waals surface area contributed by atoms with E-state index in [4.69, 9.17) is 0 Å². The van der Waals surface area contributed by atoms with Crippen molar-refractivity contribution in [2.24, 2.45) is 0 Å². The SMILES string of the molecule is CCCNC(=O)CN1CCN(c2ccc(C(=O)O)cc2NS(=O)(=O)c2ccccc2)CC1. The number of benzene rings is 2. The van der Waals surface area contributed by atoms with Gasteiger partial charge in [0, 0.05) is 32.7 Å². The molecular formula is C22H28N4O5S. The van der Waals surface area contributed by atoms with Crippen molar-refractivity contribution in [1.82, 2.24) is 10.2 Å². The van der Waals surface area contributed by atoms with Gasteiger partial charge in [0.15, 0.2) is 0 Å². The molecule has 1 fully saturated rings. The van der Waals surface area contributed by atoms with Crippen LogP contribution < -0.4 is 14.9 Å². The standard InChI is InChI=1S/C22H28N4O5S/c1-2-10-23-21(27)16-25-11-13-26(14-12-25)20-9-8-17(22(28)29)15-19(20)24-32(30,31)18-6-4-3-5-7-18/h3-9,15,24H,2,10-14,16H2,1H3,(H,23,27)(H,28,29). The molecule has 0 radical (unpaired) electrons. The van der Waals surface area contributed by atoms with Gasteiger partial charge in [-0.1, -0.05) is 25.1 Å². The van der Waals surface area contributed by atoms with E-state index in [9.17, 15) is 23.1 Å². The third-order valence-corrected chi connectivity index (χ3v) is 6.58. The van der Waals surface area contributed by atoms with Crippen LogP contribution in [0.25, 0.3) is 0 Å². The van der Waals surface area contributed by atoms with Crippen LogP contribution in [0.5, 0.6) is 0 Å². The molecule has 0 aliphatic carbocycles. The normalized spacial score (nSPS) is 14.7. The predicted molar refractivity (Wildman–Crippen MR) is 123 cm³/mol. The zero-order valence-corrected chi connectivity index (χ0v) is 18.8. The number of aromatic carboxylic acids is 1. The molecule has 0 spiro atoms. The number of carboxylic acids is 1. The van der Waals surface area contributed by atoms with E-state index in [1.54, 1.807) is 24.3 Å². The van der Waals surface area contributed by atoms with Gasteiger partial charge in [0.05, 0.1) is 28.4 Å². The molecule has 0 aromatic heterocycles. The van der Waals surface area contributed by atoms with Gasteiger partial charge in [-0.3, -0.25) is 14.4 Å². The molecule has 1 aliphatic rings. The van der Waals surface area contributed by atoms with E-state index in [1.165, 1.54) is 24.3 Å². The molecule has 32 heavy (non-hydrogen) atoms. The third-order valence-electron chi connectivity index (χ3n) is 5.19. The summed E-state index contributed by atoms with van der Waals surface area (Å²) < 4.78 is 28.2. The number of nitrogens with zero attached hydrogens (tertiary/aromatic N) is 2. The number of piperazine rings is 1. The second-order valence-corrected chi connectivity index (χ2v) is 9.25. The zero-order chi connectivity index (χ0) is 23.1. The first-order valence-corrected chi connectivity index (χ1v) is 12.0. The summed E-state index contributed by atoms with van der Waals surface area (Å²) in [4.78, 5) is 27.6. The largest absolute Gasteiger partial charge is 0.478 e. The highest BCUT2D eigenvalue weighted by Crippen LogP contribution is 2.30. The van der Waals surface area contributed by atoms with E-state index in [2.05, 4.69) is 10.0 Å². The molecule has 1 heterocycles. The van der Waals surface area contributed by atoms with Gasteiger partial charge in [0.2, 0.25) is 5.91 Å². The Labute approximate surface area is 188 Å². The van der Waals surface area contributed by atoms with Crippen LogP contribution in [-0.2, 0) is 14.8 Å². The number of nitrogens with one attached hydrogen (secondary N) is 2. The maximum Gasteiger partial charge on any atom is 0.335 e. The summed E-state index contributed by atoms with van der Waals surface area (Å²) in [6, 6.07) is 12.3. The molecule has 1 amide bonds. The van der Waals surface area contributed by atoms with E-state index < -0.39 is 16.0 Å². The Bertz CT molecular complexity index is 1050. The van der Waals surface area contributed by atoms with Crippen LogP contribution in [-0.4, -0.2) is 69.6 Å². The maximum atomic E-state index is 12.8. The van der Waals surface area contributed by atoms with Crippen molar-refractivity contribution in [1.29, 1.82) is 0 Å². The predicted octanol–water partition coefficient (Wildman–Crippen LogP) is 1.83. The Hall–Kier alpha value is -3.11. The highest BCUT2D eigenvalue weighted by molar-refractivity contribution is 7.92. The first-order chi connectivity index (χ1) is 15.3. The van der Waals surface area contributed by atoms with Crippen LogP contribution in [0.3, 0.4) is 0 Å². The van der Waals surface area contributed by atoms with Crippen molar-refractivity contribution in [2.75, 3.05) is 48.9 Å². The molecule has 2 aromatic rings. The Morgan fingerprint density at radius 2 is 1.72 bits per heavy atom. The van der Waals surface area contributed by atoms with E-state index >= 15 is 0 Å². The van der Waals surface area contributed by atoms with Crippen LogP contribution in [0.15, 0.2) is 53.4 Å². The summed E-state index contributed by atoms with van der Waals surface area (Å²) in [6.45, 7) is 5.38. The molecule has 9 nitrogen and oxygen atoms in total. The number of anilines is 2. The summed E-state index contributed by atoms with van der Waals surface area (Å²) in [5.41, 5.74) is 0.804. The van der Waals surface area contributed by atoms with Crippen molar-refractivity contribution in [3.05, 3.63) is 54.1 Å². The Morgan fingerprint density at radius 3 is 2.34 bits per heavy atom. The number of sulfonamides is 1. The number of rotatable bonds is 9. The summed E-state index contributed by atoms with van der Waals surface area (Å²) >= 11 is 0. The average molecular weight is 461 g/mol. The molecule has 0 atom stereocenters. The summed E-state index contributed by atoms with van der Waals surface area (Å²) in [5.74, 6) is -1.15. The Kier molecular flexibility index (Phi) is 7.70. The molecule has 3 rings (SSSR count). The minimum Gasteiger partial charge on any atom is -0.478 e. The fraction of sp³-hybridized carbons (Fsp3) is 0.364. The zero-order valence-electron chi connectivity index (χ0n) is 18.0. The van der Waals surface area contributed by atoms with Gasteiger partial charge in [-0.2, -0.15) is 0 Å². The van der Waals surface area contributed by atoms with Gasteiger partial charge in [-0.25, -0.2) is 13.2 Å². The fourth-order valence-electron chi connectivity index (χ4n) is 3.50. The lowest BCUT2D eigenvalue weighted by molar-refractivity contribution is -0.122. The molecule has 0 unspecified atom stereocenters. The number of carbonyl (C=O) groups excluding carboxylic acids is 1. The van der Waals surface area contributed by atoms with Crippen molar-refractivity contribution in [3.63, 3.8) is 0 Å². The smallest absolute Gasteiger partial charge is 0.335 e. The summed E-state index contributed by atoms with van der Waals surface area (Å²) in [6.07, 6.45) is 0.882. The molecule has 3 N–H and O–H groups in total. The molecule has 0 saturated carbocycles. The van der Waals surface area contributed by atoms with Crippen LogP contribution in [0.4, 0.5) is 11.4 Å². The molecular weight excluding hydrogens is 432 g/mol. The van der Waals surface area contributed by atoms with Gasteiger partial charge in [-0.05, 0) is 36.8 Å². The topological polar surface area (TPSA) is 119 Å². The molecule has 10 heteroatoms. The Balaban J connectivity index is 1.77. The Morgan fingerprint density at radius 1 is 1.03 bits per heavy atom. The van der Waals surface area contributed by atoms with Gasteiger partial charge >= 0.3 is 5.97 Å². The lowest BCUT2D eigenvalue weighted by atomic mass is 10.1. The molecule has 2 aromatic carbocycles. The second-order valence-electron chi connectivity index (χ2n) is 7.57. The van der Waals surface area contributed by atoms with Crippen molar-refractivity contribution >= 4 is 33.3 Å². The van der Waals surface area contributed by atoms with Gasteiger partial charge in [0.1, 0.15) is 0 Å². The van der Waals surface area contributed by atoms with E-state index in [-0.39, 0.29) is 22.1 Å². The van der Waals surface area contributed by atoms with Crippen molar-refractivity contribution in [3.8, 4) is 0 Å². The first-order valence-electron chi connectivity index (χ1n) is 10.5. The van der Waals surface area contributed by atoms with Crippen LogP contribution in [0, 0.1) is 0 Å². The summed E-state index contributed by atoms with van der Waals surface area (Å²) in [5, 5.41) is 12.2. The molecule has 0 bridgehead atoms. The average Bonchev–Trinajstić information content (AvgIpc) is 2.78. The number of amides is 1. The number of carbonyl (C=O) groups is 2. The fourth-order valence-corrected chi connectivity index (χ4v) is 4.59. The second kappa shape index (κ2) is 10.5. The molecule has 1 aliphatic heterocycles. The van der Waals surface area contributed by atoms with E-state index in [1.807, 2.05) is 16.7 Å². The van der Waals surface area contributed by atoms with Crippen LogP contribution in [0.2, 0.25) is 0 Å². The third kappa shape index (κ3) is 5.98. The molecule has 1 saturated heterocycles. The molecule has 172 valence electrons. The van der Waals surface area contributed by atoms with Crippen molar-refractivity contribution < 1.29 is 23.1 Å². The van der Waals surface area contributed by atoms with E-state index in [0.29, 0.717) is 45.0 Å². The van der Waals surface area contributed by atoms with Gasteiger partial charge in [0.25, 0.3) is 10.0 Å². The lowest BCUT2D eigenvalue weighted by Gasteiger charge is -2.36. The highest BCUT2D eigenvalue weighted by atomic mass is 32.2. The highest BCUT2D eigenvalue weighted by Gasteiger charge is 2.24. The number of hydrogen-bond acceptors (Lipinski definition) is 6. The number of hydrogen-bond donors (Lipinski definition) is 3. The van der Waals surface area contributed by atoms with Crippen LogP contribution >= 0.6 is 0 Å². The van der Waals surface area contributed by atoms with Crippen LogP contribution in [0.1, 0.15) is 23.7 Å².